The van der Waals surface area contributed by atoms with E-state index in [9.17, 15) is 0 Å². The zero-order valence-corrected chi connectivity index (χ0v) is 22.0. The summed E-state index contributed by atoms with van der Waals surface area (Å²) in [7, 11) is 0. The minimum absolute atomic E-state index is 0. The summed E-state index contributed by atoms with van der Waals surface area (Å²) in [5.74, 6) is 0. The molecule has 136 valence electrons. The van der Waals surface area contributed by atoms with Crippen LogP contribution in [0.1, 0.15) is 89.5 Å². The quantitative estimate of drug-likeness (QED) is 0.268. The van der Waals surface area contributed by atoms with Crippen molar-refractivity contribution >= 4 is 4.40 Å². The van der Waals surface area contributed by atoms with Crippen LogP contribution in [0.25, 0.3) is 0 Å². The van der Waals surface area contributed by atoms with Crippen LogP contribution in [0.15, 0.2) is 29.4 Å². The molecule has 0 fully saturated rings. The number of hydrogen-bond acceptors (Lipinski definition) is 0. The summed E-state index contributed by atoms with van der Waals surface area (Å²) in [5, 5.41) is 0. The third-order valence-electron chi connectivity index (χ3n) is 1.36. The second-order valence-electron chi connectivity index (χ2n) is 2.86. The molecule has 1 aliphatic rings. The first-order valence-electron chi connectivity index (χ1n) is 8.00. The zero-order valence-electron chi connectivity index (χ0n) is 16.1. The Kier molecular flexibility index (Phi) is 114. The van der Waals surface area contributed by atoms with Crippen LogP contribution in [0.3, 0.4) is 0 Å². The van der Waals surface area contributed by atoms with E-state index >= 15 is 0 Å². The Hall–Kier alpha value is 0.467. The smallest absolute Gasteiger partial charge is 0 e. The summed E-state index contributed by atoms with van der Waals surface area (Å²) in [4.78, 5) is 0. The van der Waals surface area contributed by atoms with Gasteiger partial charge in [0, 0.05) is 21.1 Å². The predicted octanol–water partition coefficient (Wildman–Crippen LogP) is 7.74. The Labute approximate surface area is 169 Å². The van der Waals surface area contributed by atoms with Gasteiger partial charge in [-0.05, 0) is 13.3 Å². The summed E-state index contributed by atoms with van der Waals surface area (Å²) in [6, 6.07) is 0. The molecule has 0 bridgehead atoms. The molecule has 1 aliphatic carbocycles. The van der Waals surface area contributed by atoms with E-state index in [2.05, 4.69) is 29.6 Å². The Morgan fingerprint density at radius 2 is 1.45 bits per heavy atom. The summed E-state index contributed by atoms with van der Waals surface area (Å²) >= 11 is 1.50. The van der Waals surface area contributed by atoms with Gasteiger partial charge in [-0.3, -0.25) is 0 Å². The fourth-order valence-corrected chi connectivity index (χ4v) is 1.63. The van der Waals surface area contributed by atoms with E-state index in [1.807, 2.05) is 62.3 Å². The second-order valence-corrected chi connectivity index (χ2v) is 4.06. The van der Waals surface area contributed by atoms with Gasteiger partial charge in [0.05, 0.1) is 0 Å². The third-order valence-corrected chi connectivity index (χ3v) is 1.96. The molecule has 22 heavy (non-hydrogen) atoms. The van der Waals surface area contributed by atoms with E-state index < -0.39 is 0 Å². The molecule has 0 nitrogen and oxygen atoms in total. The SMILES string of the molecule is C.CC.CC.CC.CC.CC1=CC=CC1.[CH-]=C(C)C[CH]=[W].[W]. The van der Waals surface area contributed by atoms with E-state index in [0.717, 1.165) is 12.0 Å². The van der Waals surface area contributed by atoms with Gasteiger partial charge in [-0.2, -0.15) is 0 Å². The summed E-state index contributed by atoms with van der Waals surface area (Å²) in [6.45, 7) is 25.4. The van der Waals surface area contributed by atoms with Crippen LogP contribution in [0.4, 0.5) is 0 Å². The first-order valence-corrected chi connectivity index (χ1v) is 9.70. The van der Waals surface area contributed by atoms with Crippen molar-refractivity contribution in [3.05, 3.63) is 36.0 Å². The summed E-state index contributed by atoms with van der Waals surface area (Å²) < 4.78 is 2.12. The van der Waals surface area contributed by atoms with Gasteiger partial charge in [0.2, 0.25) is 0 Å². The number of hydrogen-bond donors (Lipinski definition) is 0. The Morgan fingerprint density at radius 1 is 1.09 bits per heavy atom. The molecule has 0 heterocycles. The van der Waals surface area contributed by atoms with Crippen LogP contribution in [-0.4, -0.2) is 4.40 Å². The molecule has 0 aliphatic heterocycles. The van der Waals surface area contributed by atoms with Crippen LogP contribution in [-0.2, 0) is 40.4 Å². The van der Waals surface area contributed by atoms with Gasteiger partial charge in [-0.15, -0.1) is 0 Å². The average Bonchev–Trinajstić information content (AvgIpc) is 2.99. The van der Waals surface area contributed by atoms with E-state index in [0.29, 0.717) is 0 Å². The molecule has 0 atom stereocenters. The van der Waals surface area contributed by atoms with Crippen molar-refractivity contribution < 1.29 is 40.4 Å². The molecule has 0 radical (unpaired) electrons. The predicted molar refractivity (Wildman–Crippen MR) is 104 cm³/mol. The maximum Gasteiger partial charge on any atom is 0 e. The molecule has 0 saturated heterocycles. The number of allylic oxidation sites excluding steroid dienone is 5. The van der Waals surface area contributed by atoms with E-state index in [1.165, 1.54) is 31.3 Å². The van der Waals surface area contributed by atoms with Crippen molar-refractivity contribution in [1.29, 1.82) is 0 Å². The molecule has 0 spiro atoms. The van der Waals surface area contributed by atoms with Gasteiger partial charge in [-0.1, -0.05) is 86.6 Å². The molecule has 0 aromatic rings. The third kappa shape index (κ3) is 70.8. The molecule has 0 unspecified atom stereocenters. The van der Waals surface area contributed by atoms with Crippen molar-refractivity contribution in [2.75, 3.05) is 0 Å². The Bertz CT molecular complexity index is 214. The monoisotopic (exact) mass is 651 g/mol. The van der Waals surface area contributed by atoms with Crippen molar-refractivity contribution in [3.8, 4) is 0 Å². The van der Waals surface area contributed by atoms with Crippen LogP contribution in [0.5, 0.6) is 0 Å². The molecule has 0 N–H and O–H groups in total. The molecule has 0 aromatic heterocycles. The van der Waals surface area contributed by atoms with Gasteiger partial charge >= 0.3 is 49.3 Å². The maximum absolute atomic E-state index is 5.30. The van der Waals surface area contributed by atoms with Crippen LogP contribution in [0, 0.1) is 6.58 Å². The molecular weight excluding hydrogens is 608 g/mol. The minimum atomic E-state index is 0. The van der Waals surface area contributed by atoms with Crippen molar-refractivity contribution in [2.45, 2.75) is 89.5 Å². The zero-order chi connectivity index (χ0) is 17.4. The van der Waals surface area contributed by atoms with Crippen molar-refractivity contribution in [3.63, 3.8) is 0 Å². The minimum Gasteiger partial charge on any atom is 0 e. The molecule has 1 rings (SSSR count). The van der Waals surface area contributed by atoms with Crippen molar-refractivity contribution in [1.82, 2.24) is 0 Å². The molecule has 0 amide bonds. The first kappa shape index (κ1) is 43.3. The largest absolute Gasteiger partial charge is 0 e. The topological polar surface area (TPSA) is 0 Å². The number of rotatable bonds is 2. The first-order chi connectivity index (χ1) is 9.66. The maximum atomic E-state index is 5.30. The van der Waals surface area contributed by atoms with Gasteiger partial charge < -0.3 is 0 Å². The van der Waals surface area contributed by atoms with Crippen LogP contribution in [0.2, 0.25) is 0 Å². The van der Waals surface area contributed by atoms with E-state index in [-0.39, 0.29) is 28.5 Å². The molecule has 2 heteroatoms. The normalized spacial score (nSPS) is 8.18. The Balaban J connectivity index is -0.0000000266. The average molecular weight is 651 g/mol. The fraction of sp³-hybridized carbons (Fsp3) is 0.650. The van der Waals surface area contributed by atoms with Gasteiger partial charge in [0.15, 0.2) is 0 Å². The summed E-state index contributed by atoms with van der Waals surface area (Å²) in [6.07, 6.45) is 8.54. The Morgan fingerprint density at radius 3 is 1.50 bits per heavy atom. The van der Waals surface area contributed by atoms with E-state index in [1.54, 1.807) is 0 Å². The molecule has 0 aromatic carbocycles. The van der Waals surface area contributed by atoms with Gasteiger partial charge in [0.25, 0.3) is 0 Å². The van der Waals surface area contributed by atoms with Crippen molar-refractivity contribution in [2.24, 2.45) is 0 Å². The summed E-state index contributed by atoms with van der Waals surface area (Å²) in [5.41, 5.74) is 2.47. The fourth-order valence-electron chi connectivity index (χ4n) is 0.686. The standard InChI is InChI=1S/C6H8.C5H7.4C2H6.CH4.2W/c1-6-4-2-3-5-6;1-4-5(2)3;4*1-2;;;/h2-4H,5H2,1H3;1-2H,4H2,3H3;4*1-2H3;1H4;;/q;-1;;;;;;;. The molecular formula is C20H43W2-. The van der Waals surface area contributed by atoms with Gasteiger partial charge in [-0.25, -0.2) is 0 Å². The van der Waals surface area contributed by atoms with Crippen LogP contribution < -0.4 is 0 Å². The molecule has 0 saturated carbocycles. The second kappa shape index (κ2) is 57.9. The van der Waals surface area contributed by atoms with Crippen LogP contribution >= 0.6 is 0 Å². The van der Waals surface area contributed by atoms with Gasteiger partial charge in [0.1, 0.15) is 0 Å². The van der Waals surface area contributed by atoms with E-state index in [4.69, 9.17) is 6.58 Å².